The SMILES string of the molecule is C/C=C\C.C/C=C\C.C=CC.CC.CC.CC. The van der Waals surface area contributed by atoms with Crippen molar-refractivity contribution in [2.75, 3.05) is 0 Å². The van der Waals surface area contributed by atoms with Gasteiger partial charge in [-0.15, -0.1) is 6.58 Å². The lowest BCUT2D eigenvalue weighted by Gasteiger charge is -1.49. The number of rotatable bonds is 0. The fourth-order valence-corrected chi connectivity index (χ4v) is 0. The van der Waals surface area contributed by atoms with Gasteiger partial charge in [-0.05, 0) is 34.6 Å². The summed E-state index contributed by atoms with van der Waals surface area (Å²) in [5.74, 6) is 0. The predicted molar refractivity (Wildman–Crippen MR) is 90.9 cm³/mol. The zero-order chi connectivity index (χ0) is 15.5. The lowest BCUT2D eigenvalue weighted by molar-refractivity contribution is 1.50. The highest BCUT2D eigenvalue weighted by Crippen LogP contribution is 1.57. The molecule has 0 fully saturated rings. The van der Waals surface area contributed by atoms with Crippen LogP contribution >= 0.6 is 0 Å². The lowest BCUT2D eigenvalue weighted by atomic mass is 10.6. The minimum Gasteiger partial charge on any atom is -0.103 e. The fraction of sp³-hybridized carbons (Fsp3) is 0.647. The zero-order valence-corrected chi connectivity index (χ0v) is 14.6. The van der Waals surface area contributed by atoms with Gasteiger partial charge in [0.1, 0.15) is 0 Å². The van der Waals surface area contributed by atoms with E-state index in [0.717, 1.165) is 0 Å². The summed E-state index contributed by atoms with van der Waals surface area (Å²) in [6.07, 6.45) is 9.75. The summed E-state index contributed by atoms with van der Waals surface area (Å²) in [5.41, 5.74) is 0. The van der Waals surface area contributed by atoms with E-state index >= 15 is 0 Å². The van der Waals surface area contributed by atoms with Crippen molar-refractivity contribution in [1.29, 1.82) is 0 Å². The molecule has 0 amide bonds. The third kappa shape index (κ3) is 1790. The van der Waals surface area contributed by atoms with Crippen molar-refractivity contribution >= 4 is 0 Å². The molecule has 0 aliphatic heterocycles. The molecule has 108 valence electrons. The van der Waals surface area contributed by atoms with Crippen LogP contribution in [0.4, 0.5) is 0 Å². The molecule has 0 N–H and O–H groups in total. The van der Waals surface area contributed by atoms with E-state index in [1.165, 1.54) is 0 Å². The Morgan fingerprint density at radius 3 is 0.529 bits per heavy atom. The Labute approximate surface area is 114 Å². The Hall–Kier alpha value is -0.780. The number of allylic oxidation sites excluding steroid dienone is 5. The quantitative estimate of drug-likeness (QED) is 0.388. The first kappa shape index (κ1) is 36.0. The van der Waals surface area contributed by atoms with Gasteiger partial charge in [-0.25, -0.2) is 0 Å². The van der Waals surface area contributed by atoms with E-state index in [1.54, 1.807) is 6.08 Å². The van der Waals surface area contributed by atoms with Crippen LogP contribution in [0.5, 0.6) is 0 Å². The average molecular weight is 245 g/mol. The van der Waals surface area contributed by atoms with E-state index in [2.05, 4.69) is 6.58 Å². The lowest BCUT2D eigenvalue weighted by Crippen LogP contribution is -1.26. The van der Waals surface area contributed by atoms with Gasteiger partial charge in [0.2, 0.25) is 0 Å². The summed E-state index contributed by atoms with van der Waals surface area (Å²) < 4.78 is 0. The van der Waals surface area contributed by atoms with Crippen molar-refractivity contribution in [1.82, 2.24) is 0 Å². The van der Waals surface area contributed by atoms with Crippen molar-refractivity contribution in [3.8, 4) is 0 Å². The van der Waals surface area contributed by atoms with E-state index in [1.807, 2.05) is 100 Å². The van der Waals surface area contributed by atoms with Crippen LogP contribution in [0, 0.1) is 0 Å². The van der Waals surface area contributed by atoms with E-state index in [9.17, 15) is 0 Å². The topological polar surface area (TPSA) is 0 Å². The maximum absolute atomic E-state index is 3.36. The summed E-state index contributed by atoms with van der Waals surface area (Å²) in [4.78, 5) is 0. The van der Waals surface area contributed by atoms with Gasteiger partial charge in [0.05, 0.1) is 0 Å². The molecule has 0 nitrogen and oxygen atoms in total. The molecule has 0 rings (SSSR count). The van der Waals surface area contributed by atoms with Gasteiger partial charge >= 0.3 is 0 Å². The molecular weight excluding hydrogens is 204 g/mol. The van der Waals surface area contributed by atoms with Gasteiger partial charge in [-0.1, -0.05) is 71.9 Å². The molecule has 17 heavy (non-hydrogen) atoms. The van der Waals surface area contributed by atoms with Gasteiger partial charge in [0, 0.05) is 0 Å². The summed E-state index contributed by atoms with van der Waals surface area (Å²) in [7, 11) is 0. The van der Waals surface area contributed by atoms with Crippen molar-refractivity contribution in [3.63, 3.8) is 0 Å². The minimum atomic E-state index is 1.75. The van der Waals surface area contributed by atoms with Crippen LogP contribution in [-0.4, -0.2) is 0 Å². The molecule has 0 aromatic rings. The minimum absolute atomic E-state index is 1.75. The Balaban J connectivity index is -0.0000000221. The first-order valence-electron chi connectivity index (χ1n) is 6.96. The molecule has 0 heterocycles. The van der Waals surface area contributed by atoms with Crippen LogP contribution < -0.4 is 0 Å². The summed E-state index contributed by atoms with van der Waals surface area (Å²) in [5, 5.41) is 0. The Morgan fingerprint density at radius 2 is 0.529 bits per heavy atom. The highest BCUT2D eigenvalue weighted by atomic mass is 13.4. The van der Waals surface area contributed by atoms with E-state index in [-0.39, 0.29) is 0 Å². The molecule has 0 aromatic heterocycles. The number of hydrogen-bond donors (Lipinski definition) is 0. The van der Waals surface area contributed by atoms with Crippen molar-refractivity contribution in [2.45, 2.75) is 76.2 Å². The van der Waals surface area contributed by atoms with E-state index in [0.29, 0.717) is 0 Å². The monoisotopic (exact) mass is 244 g/mol. The molecule has 0 bridgehead atoms. The maximum atomic E-state index is 3.36. The van der Waals surface area contributed by atoms with Crippen LogP contribution in [0.2, 0.25) is 0 Å². The maximum Gasteiger partial charge on any atom is -0.0470 e. The molecular formula is C17H40. The standard InChI is InChI=1S/2C4H8.C3H6.3C2H6/c2*1-3-4-2;1-3-2;3*1-2/h2*3-4H,1-2H3;3H,1H2,2H3;3*1-2H3/b2*4-3-;;;;. The predicted octanol–water partition coefficient (Wildman–Crippen LogP) is 7.44. The van der Waals surface area contributed by atoms with Gasteiger partial charge < -0.3 is 0 Å². The summed E-state index contributed by atoms with van der Waals surface area (Å²) in [6.45, 7) is 25.2. The molecule has 0 saturated carbocycles. The smallest absolute Gasteiger partial charge is 0.0470 e. The molecule has 0 radical (unpaired) electrons. The third-order valence-electron chi connectivity index (χ3n) is 0.667. The fourth-order valence-electron chi connectivity index (χ4n) is 0. The second-order valence-corrected chi connectivity index (χ2v) is 1.74. The molecule has 0 aromatic carbocycles. The van der Waals surface area contributed by atoms with E-state index in [4.69, 9.17) is 0 Å². The normalized spacial score (nSPS) is 6.29. The van der Waals surface area contributed by atoms with Crippen LogP contribution in [0.25, 0.3) is 0 Å². The molecule has 0 saturated heterocycles. The van der Waals surface area contributed by atoms with Gasteiger partial charge in [0.15, 0.2) is 0 Å². The Bertz CT molecular complexity index is 68.2. The van der Waals surface area contributed by atoms with Gasteiger partial charge in [-0.3, -0.25) is 0 Å². The largest absolute Gasteiger partial charge is 0.103 e. The van der Waals surface area contributed by atoms with Crippen LogP contribution in [0.15, 0.2) is 37.0 Å². The first-order chi connectivity index (χ1) is 8.24. The van der Waals surface area contributed by atoms with Crippen LogP contribution in [0.3, 0.4) is 0 Å². The van der Waals surface area contributed by atoms with Gasteiger partial charge in [0.25, 0.3) is 0 Å². The molecule has 0 atom stereocenters. The molecule has 0 heteroatoms. The molecule has 0 aliphatic carbocycles. The van der Waals surface area contributed by atoms with E-state index < -0.39 is 0 Å². The molecule has 0 aliphatic rings. The highest BCUT2D eigenvalue weighted by Gasteiger charge is 1.34. The zero-order valence-electron chi connectivity index (χ0n) is 14.6. The highest BCUT2D eigenvalue weighted by molar-refractivity contribution is 4.68. The van der Waals surface area contributed by atoms with Crippen molar-refractivity contribution in [2.24, 2.45) is 0 Å². The second kappa shape index (κ2) is 173. The van der Waals surface area contributed by atoms with Crippen molar-refractivity contribution in [3.05, 3.63) is 37.0 Å². The van der Waals surface area contributed by atoms with Crippen LogP contribution in [-0.2, 0) is 0 Å². The van der Waals surface area contributed by atoms with Gasteiger partial charge in [-0.2, -0.15) is 0 Å². The summed E-state index contributed by atoms with van der Waals surface area (Å²) >= 11 is 0. The summed E-state index contributed by atoms with van der Waals surface area (Å²) in [6, 6.07) is 0. The first-order valence-corrected chi connectivity index (χ1v) is 6.96. The third-order valence-corrected chi connectivity index (χ3v) is 0.667. The Morgan fingerprint density at radius 1 is 0.471 bits per heavy atom. The second-order valence-electron chi connectivity index (χ2n) is 1.74. The van der Waals surface area contributed by atoms with Crippen LogP contribution in [0.1, 0.15) is 76.2 Å². The number of hydrogen-bond acceptors (Lipinski definition) is 0. The Kier molecular flexibility index (Phi) is 366. The average Bonchev–Trinajstić information content (AvgIpc) is 2.46. The van der Waals surface area contributed by atoms with Crippen molar-refractivity contribution < 1.29 is 0 Å². The molecule has 0 spiro atoms. The molecule has 0 unspecified atom stereocenters.